The molecule has 1 aromatic rings. The molecule has 2 nitrogen and oxygen atoms in total. The molecule has 0 saturated carbocycles. The molecule has 4 heteroatoms. The van der Waals surface area contributed by atoms with E-state index in [-0.39, 0.29) is 11.9 Å². The first kappa shape index (κ1) is 10.6. The van der Waals surface area contributed by atoms with Gasteiger partial charge in [-0.15, -0.1) is 0 Å². The lowest BCUT2D eigenvalue weighted by Crippen LogP contribution is -2.31. The van der Waals surface area contributed by atoms with Gasteiger partial charge in [-0.25, -0.2) is 4.39 Å². The van der Waals surface area contributed by atoms with Crippen LogP contribution in [0.1, 0.15) is 5.56 Å². The average molecular weight is 247 g/mol. The van der Waals surface area contributed by atoms with Crippen LogP contribution in [0, 0.1) is 5.82 Å². The maximum absolute atomic E-state index is 13.2. The summed E-state index contributed by atoms with van der Waals surface area (Å²) >= 11 is 3.18. The van der Waals surface area contributed by atoms with Crippen LogP contribution >= 0.6 is 15.9 Å². The molecule has 0 aliphatic heterocycles. The maximum Gasteiger partial charge on any atom is 0.127 e. The monoisotopic (exact) mass is 246 g/mol. The van der Waals surface area contributed by atoms with Gasteiger partial charge in [0.15, 0.2) is 0 Å². The Hall–Kier alpha value is -0.450. The molecule has 0 heterocycles. The van der Waals surface area contributed by atoms with E-state index in [4.69, 9.17) is 11.5 Å². The highest BCUT2D eigenvalue weighted by Crippen LogP contribution is 2.15. The number of hydrogen-bond acceptors (Lipinski definition) is 2. The molecular weight excluding hydrogens is 235 g/mol. The van der Waals surface area contributed by atoms with Crippen molar-refractivity contribution in [2.45, 2.75) is 12.5 Å². The van der Waals surface area contributed by atoms with Crippen molar-refractivity contribution in [1.82, 2.24) is 0 Å². The largest absolute Gasteiger partial charge is 0.329 e. The van der Waals surface area contributed by atoms with Crippen LogP contribution in [0.15, 0.2) is 22.7 Å². The molecule has 1 aromatic carbocycles. The molecule has 0 aromatic heterocycles. The van der Waals surface area contributed by atoms with Gasteiger partial charge in [0.1, 0.15) is 5.82 Å². The molecule has 0 fully saturated rings. The minimum absolute atomic E-state index is 0.171. The molecule has 72 valence electrons. The van der Waals surface area contributed by atoms with Crippen molar-refractivity contribution < 1.29 is 4.39 Å². The Morgan fingerprint density at radius 1 is 1.46 bits per heavy atom. The van der Waals surface area contributed by atoms with Crippen molar-refractivity contribution in [1.29, 1.82) is 0 Å². The van der Waals surface area contributed by atoms with Gasteiger partial charge in [-0.05, 0) is 24.1 Å². The van der Waals surface area contributed by atoms with E-state index in [9.17, 15) is 4.39 Å². The molecule has 0 amide bonds. The van der Waals surface area contributed by atoms with E-state index in [0.29, 0.717) is 18.5 Å². The van der Waals surface area contributed by atoms with Crippen LogP contribution in [0.4, 0.5) is 4.39 Å². The Balaban J connectivity index is 2.77. The third kappa shape index (κ3) is 3.06. The van der Waals surface area contributed by atoms with Gasteiger partial charge < -0.3 is 11.5 Å². The Morgan fingerprint density at radius 3 is 2.69 bits per heavy atom. The zero-order valence-electron chi connectivity index (χ0n) is 7.13. The predicted molar refractivity (Wildman–Crippen MR) is 54.8 cm³/mol. The Morgan fingerprint density at radius 2 is 2.15 bits per heavy atom. The fraction of sp³-hybridized carbons (Fsp3) is 0.333. The molecule has 0 aliphatic carbocycles. The summed E-state index contributed by atoms with van der Waals surface area (Å²) in [7, 11) is 0. The first-order chi connectivity index (χ1) is 6.13. The molecular formula is C9H12BrFN2. The zero-order valence-corrected chi connectivity index (χ0v) is 8.72. The molecule has 0 aliphatic rings. The van der Waals surface area contributed by atoms with Crippen LogP contribution in [0.5, 0.6) is 0 Å². The van der Waals surface area contributed by atoms with Gasteiger partial charge >= 0.3 is 0 Å². The molecule has 13 heavy (non-hydrogen) atoms. The summed E-state index contributed by atoms with van der Waals surface area (Å²) in [5.74, 6) is -0.238. The topological polar surface area (TPSA) is 52.0 Å². The Kier molecular flexibility index (Phi) is 3.84. The fourth-order valence-electron chi connectivity index (χ4n) is 1.05. The van der Waals surface area contributed by atoms with Gasteiger partial charge in [-0.2, -0.15) is 0 Å². The average Bonchev–Trinajstić information content (AvgIpc) is 2.09. The third-order valence-electron chi connectivity index (χ3n) is 1.80. The first-order valence-corrected chi connectivity index (χ1v) is 4.82. The number of nitrogens with two attached hydrogens (primary N) is 2. The summed E-state index contributed by atoms with van der Waals surface area (Å²) in [5, 5.41) is 0. The van der Waals surface area contributed by atoms with Gasteiger partial charge in [-0.1, -0.05) is 22.0 Å². The van der Waals surface area contributed by atoms with Gasteiger partial charge in [0.25, 0.3) is 0 Å². The number of halogens is 2. The molecule has 1 unspecified atom stereocenters. The summed E-state index contributed by atoms with van der Waals surface area (Å²) in [4.78, 5) is 0. The Bertz CT molecular complexity index is 291. The van der Waals surface area contributed by atoms with E-state index < -0.39 is 0 Å². The van der Waals surface area contributed by atoms with Crippen molar-refractivity contribution in [3.05, 3.63) is 34.1 Å². The van der Waals surface area contributed by atoms with E-state index in [1.807, 2.05) is 0 Å². The SMILES string of the molecule is NCC(N)Cc1ccc(Br)cc1F. The van der Waals surface area contributed by atoms with Gasteiger partial charge in [-0.3, -0.25) is 0 Å². The van der Waals surface area contributed by atoms with E-state index in [1.54, 1.807) is 12.1 Å². The third-order valence-corrected chi connectivity index (χ3v) is 2.29. The lowest BCUT2D eigenvalue weighted by Gasteiger charge is -2.09. The molecule has 0 radical (unpaired) electrons. The standard InChI is InChI=1S/C9H12BrFN2/c10-7-2-1-6(9(11)4-7)3-8(13)5-12/h1-2,4,8H,3,5,12-13H2. The molecule has 1 atom stereocenters. The second-order valence-electron chi connectivity index (χ2n) is 2.94. The summed E-state index contributed by atoms with van der Waals surface area (Å²) in [6.07, 6.45) is 0.482. The van der Waals surface area contributed by atoms with E-state index in [1.165, 1.54) is 6.07 Å². The van der Waals surface area contributed by atoms with Crippen LogP contribution in [-0.2, 0) is 6.42 Å². The minimum atomic E-state index is -0.238. The quantitative estimate of drug-likeness (QED) is 0.848. The van der Waals surface area contributed by atoms with Crippen LogP contribution in [-0.4, -0.2) is 12.6 Å². The maximum atomic E-state index is 13.2. The number of benzene rings is 1. The molecule has 4 N–H and O–H groups in total. The van der Waals surface area contributed by atoms with Crippen molar-refractivity contribution in [3.63, 3.8) is 0 Å². The van der Waals surface area contributed by atoms with Crippen molar-refractivity contribution in [3.8, 4) is 0 Å². The summed E-state index contributed by atoms with van der Waals surface area (Å²) in [6, 6.07) is 4.77. The van der Waals surface area contributed by atoms with Crippen LogP contribution in [0.3, 0.4) is 0 Å². The smallest absolute Gasteiger partial charge is 0.127 e. The van der Waals surface area contributed by atoms with E-state index >= 15 is 0 Å². The lowest BCUT2D eigenvalue weighted by molar-refractivity contribution is 0.587. The van der Waals surface area contributed by atoms with Crippen molar-refractivity contribution in [2.24, 2.45) is 11.5 Å². The molecule has 1 rings (SSSR count). The van der Waals surface area contributed by atoms with Crippen LogP contribution < -0.4 is 11.5 Å². The minimum Gasteiger partial charge on any atom is -0.329 e. The Labute approximate surface area is 85.2 Å². The number of rotatable bonds is 3. The predicted octanol–water partition coefficient (Wildman–Crippen LogP) is 1.42. The number of hydrogen-bond donors (Lipinski definition) is 2. The van der Waals surface area contributed by atoms with Gasteiger partial charge in [0.05, 0.1) is 0 Å². The second kappa shape index (κ2) is 4.69. The summed E-state index contributed by atoms with van der Waals surface area (Å²) < 4.78 is 14.0. The normalized spacial score (nSPS) is 12.9. The highest BCUT2D eigenvalue weighted by atomic mass is 79.9. The molecule has 0 bridgehead atoms. The van der Waals surface area contributed by atoms with Crippen LogP contribution in [0.2, 0.25) is 0 Å². The summed E-state index contributed by atoms with van der Waals surface area (Å²) in [5.41, 5.74) is 11.6. The summed E-state index contributed by atoms with van der Waals surface area (Å²) in [6.45, 7) is 0.371. The fourth-order valence-corrected chi connectivity index (χ4v) is 1.39. The zero-order chi connectivity index (χ0) is 9.84. The van der Waals surface area contributed by atoms with E-state index in [2.05, 4.69) is 15.9 Å². The molecule has 0 spiro atoms. The van der Waals surface area contributed by atoms with Crippen molar-refractivity contribution in [2.75, 3.05) is 6.54 Å². The van der Waals surface area contributed by atoms with Gasteiger partial charge in [0, 0.05) is 17.1 Å². The highest BCUT2D eigenvalue weighted by Gasteiger charge is 2.06. The molecule has 0 saturated heterocycles. The highest BCUT2D eigenvalue weighted by molar-refractivity contribution is 9.10. The van der Waals surface area contributed by atoms with Gasteiger partial charge in [0.2, 0.25) is 0 Å². The first-order valence-electron chi connectivity index (χ1n) is 4.03. The second-order valence-corrected chi connectivity index (χ2v) is 3.85. The van der Waals surface area contributed by atoms with Crippen molar-refractivity contribution >= 4 is 15.9 Å². The van der Waals surface area contributed by atoms with E-state index in [0.717, 1.165) is 4.47 Å². The van der Waals surface area contributed by atoms with Crippen LogP contribution in [0.25, 0.3) is 0 Å². The lowest BCUT2D eigenvalue weighted by atomic mass is 10.1.